The first-order valence-electron chi connectivity index (χ1n) is 10.1. The van der Waals surface area contributed by atoms with Gasteiger partial charge in [-0.3, -0.25) is 14.4 Å². The third kappa shape index (κ3) is 2.43. The average Bonchev–Trinajstić information content (AvgIpc) is 2.84. The number of ketones is 2. The molecule has 1 amide bonds. The molecule has 1 unspecified atom stereocenters. The summed E-state index contributed by atoms with van der Waals surface area (Å²) in [6.07, 6.45) is 7.07. The van der Waals surface area contributed by atoms with E-state index in [1.807, 2.05) is 0 Å². The highest BCUT2D eigenvalue weighted by atomic mass is 16.1. The quantitative estimate of drug-likeness (QED) is 0.793. The summed E-state index contributed by atoms with van der Waals surface area (Å²) in [5.41, 5.74) is -0.0213. The van der Waals surface area contributed by atoms with Crippen LogP contribution in [0.15, 0.2) is 0 Å². The number of Topliss-reactive ketones (excluding diaryl/α,β-unsaturated/α-hetero) is 2. The molecule has 4 aliphatic rings. The van der Waals surface area contributed by atoms with Gasteiger partial charge in [-0.05, 0) is 61.2 Å². The van der Waals surface area contributed by atoms with Gasteiger partial charge in [-0.2, -0.15) is 0 Å². The van der Waals surface area contributed by atoms with Gasteiger partial charge in [-0.15, -0.1) is 0 Å². The highest BCUT2D eigenvalue weighted by molar-refractivity contribution is 5.87. The van der Waals surface area contributed by atoms with Gasteiger partial charge in [0.15, 0.2) is 0 Å². The Hall–Kier alpha value is -1.19. The lowest BCUT2D eigenvalue weighted by Crippen LogP contribution is -2.61. The fourth-order valence-electron chi connectivity index (χ4n) is 7.32. The molecule has 0 spiro atoms. The molecule has 0 aromatic heterocycles. The van der Waals surface area contributed by atoms with Crippen LogP contribution < -0.4 is 5.32 Å². The second kappa shape index (κ2) is 5.65. The molecule has 4 aliphatic carbocycles. The van der Waals surface area contributed by atoms with E-state index in [9.17, 15) is 14.4 Å². The van der Waals surface area contributed by atoms with Gasteiger partial charge >= 0.3 is 0 Å². The van der Waals surface area contributed by atoms with Gasteiger partial charge in [0.05, 0.1) is 0 Å². The van der Waals surface area contributed by atoms with Crippen LogP contribution in [0.25, 0.3) is 0 Å². The fraction of sp³-hybridized carbons (Fsp3) is 0.857. The smallest absolute Gasteiger partial charge is 0.217 e. The Labute approximate surface area is 150 Å². The number of carbonyl (C=O) groups is 3. The number of rotatable bonds is 1. The zero-order valence-corrected chi connectivity index (χ0v) is 15.8. The second-order valence-corrected chi connectivity index (χ2v) is 9.69. The summed E-state index contributed by atoms with van der Waals surface area (Å²) in [5.74, 6) is 2.65. The Morgan fingerprint density at radius 1 is 1.04 bits per heavy atom. The van der Waals surface area contributed by atoms with Crippen molar-refractivity contribution in [1.82, 2.24) is 5.32 Å². The van der Waals surface area contributed by atoms with Gasteiger partial charge in [0.2, 0.25) is 5.91 Å². The summed E-state index contributed by atoms with van der Waals surface area (Å²) < 4.78 is 0. The fourth-order valence-corrected chi connectivity index (χ4v) is 7.32. The van der Waals surface area contributed by atoms with Crippen molar-refractivity contribution in [3.05, 3.63) is 0 Å². The molecule has 0 aliphatic heterocycles. The summed E-state index contributed by atoms with van der Waals surface area (Å²) in [5, 5.41) is 3.19. The summed E-state index contributed by atoms with van der Waals surface area (Å²) in [4.78, 5) is 36.6. The predicted octanol–water partition coefficient (Wildman–Crippen LogP) is 3.28. The summed E-state index contributed by atoms with van der Waals surface area (Å²) in [6, 6.07) is 0.0889. The molecule has 138 valence electrons. The third-order valence-corrected chi connectivity index (χ3v) is 8.63. The molecule has 0 aromatic carbocycles. The van der Waals surface area contributed by atoms with E-state index in [2.05, 4.69) is 19.2 Å². The zero-order valence-electron chi connectivity index (χ0n) is 15.8. The largest absolute Gasteiger partial charge is 0.353 e. The van der Waals surface area contributed by atoms with Crippen molar-refractivity contribution in [3.8, 4) is 0 Å². The minimum atomic E-state index is -0.143. The number of amides is 1. The first kappa shape index (κ1) is 17.2. The summed E-state index contributed by atoms with van der Waals surface area (Å²) in [6.45, 7) is 6.14. The molecule has 0 bridgehead atoms. The molecule has 4 heteroatoms. The molecule has 4 saturated carbocycles. The Balaban J connectivity index is 1.71. The highest BCUT2D eigenvalue weighted by Gasteiger charge is 2.62. The van der Waals surface area contributed by atoms with E-state index >= 15 is 0 Å². The first-order valence-corrected chi connectivity index (χ1v) is 10.1. The van der Waals surface area contributed by atoms with Crippen molar-refractivity contribution in [2.24, 2.45) is 34.5 Å². The van der Waals surface area contributed by atoms with E-state index in [0.717, 1.165) is 38.5 Å². The lowest BCUT2D eigenvalue weighted by atomic mass is 9.44. The highest BCUT2D eigenvalue weighted by Crippen LogP contribution is 2.65. The van der Waals surface area contributed by atoms with Crippen LogP contribution in [-0.4, -0.2) is 23.5 Å². The van der Waals surface area contributed by atoms with Crippen LogP contribution in [-0.2, 0) is 14.4 Å². The topological polar surface area (TPSA) is 63.2 Å². The first-order chi connectivity index (χ1) is 11.8. The minimum Gasteiger partial charge on any atom is -0.353 e. The van der Waals surface area contributed by atoms with Gasteiger partial charge in [0, 0.05) is 37.6 Å². The van der Waals surface area contributed by atoms with Crippen LogP contribution in [0.1, 0.15) is 72.1 Å². The maximum atomic E-state index is 12.6. The molecule has 4 fully saturated rings. The Morgan fingerprint density at radius 2 is 1.80 bits per heavy atom. The van der Waals surface area contributed by atoms with Crippen molar-refractivity contribution in [1.29, 1.82) is 0 Å². The summed E-state index contributed by atoms with van der Waals surface area (Å²) >= 11 is 0. The average molecular weight is 345 g/mol. The van der Waals surface area contributed by atoms with Gasteiger partial charge in [0.1, 0.15) is 11.6 Å². The molecule has 1 N–H and O–H groups in total. The van der Waals surface area contributed by atoms with Gasteiger partial charge in [-0.25, -0.2) is 0 Å². The Bertz CT molecular complexity index is 629. The number of hydrogen-bond acceptors (Lipinski definition) is 3. The molecular weight excluding hydrogens is 314 g/mol. The monoisotopic (exact) mass is 345 g/mol. The minimum absolute atomic E-state index is 0.00453. The van der Waals surface area contributed by atoms with Gasteiger partial charge in [0.25, 0.3) is 0 Å². The Kier molecular flexibility index (Phi) is 3.90. The maximum Gasteiger partial charge on any atom is 0.217 e. The number of nitrogens with one attached hydrogen (secondary N) is 1. The molecule has 0 heterocycles. The number of hydrogen-bond donors (Lipinski definition) is 1. The van der Waals surface area contributed by atoms with E-state index < -0.39 is 0 Å². The molecular formula is C21H31NO3. The van der Waals surface area contributed by atoms with Crippen molar-refractivity contribution in [3.63, 3.8) is 0 Å². The SMILES string of the molecule is CC(=O)N[C@H]1C[C@@H]2[C@H](CC[C@]3(C)C(=O)CC[C@@H]23)[C@@]2(C)CCC(=O)CC12. The van der Waals surface area contributed by atoms with Crippen molar-refractivity contribution >= 4 is 17.5 Å². The lowest BCUT2D eigenvalue weighted by molar-refractivity contribution is -0.150. The van der Waals surface area contributed by atoms with Crippen molar-refractivity contribution in [2.45, 2.75) is 78.2 Å². The van der Waals surface area contributed by atoms with E-state index in [-0.39, 0.29) is 28.7 Å². The van der Waals surface area contributed by atoms with Crippen molar-refractivity contribution < 1.29 is 14.4 Å². The molecule has 0 saturated heterocycles. The van der Waals surface area contributed by atoms with Crippen LogP contribution in [0.5, 0.6) is 0 Å². The summed E-state index contributed by atoms with van der Waals surface area (Å²) in [7, 11) is 0. The standard InChI is InChI=1S/C21H31NO3/c1-12(23)22-18-11-14-15-4-5-19(25)21(15,3)9-7-16(14)20(2)8-6-13(24)10-17(18)20/h14-18H,4-11H2,1-3H3,(H,22,23)/t14-,15-,16-,17?,18-,20+,21-/m0/s1. The van der Waals surface area contributed by atoms with Gasteiger partial charge < -0.3 is 5.32 Å². The van der Waals surface area contributed by atoms with Crippen molar-refractivity contribution in [2.75, 3.05) is 0 Å². The molecule has 0 aromatic rings. The third-order valence-electron chi connectivity index (χ3n) is 8.63. The molecule has 25 heavy (non-hydrogen) atoms. The molecule has 4 nitrogen and oxygen atoms in total. The number of fused-ring (bicyclic) bond motifs is 5. The van der Waals surface area contributed by atoms with Gasteiger partial charge in [-0.1, -0.05) is 13.8 Å². The van der Waals surface area contributed by atoms with Crippen LogP contribution in [0.4, 0.5) is 0 Å². The van der Waals surface area contributed by atoms with Crippen LogP contribution in [0, 0.1) is 34.5 Å². The predicted molar refractivity (Wildman–Crippen MR) is 94.7 cm³/mol. The van der Waals surface area contributed by atoms with E-state index in [1.54, 1.807) is 6.92 Å². The van der Waals surface area contributed by atoms with E-state index in [4.69, 9.17) is 0 Å². The normalized spacial score (nSPS) is 49.2. The Morgan fingerprint density at radius 3 is 2.52 bits per heavy atom. The lowest BCUT2D eigenvalue weighted by Gasteiger charge is -2.61. The van der Waals surface area contributed by atoms with Crippen LogP contribution in [0.2, 0.25) is 0 Å². The van der Waals surface area contributed by atoms with Crippen LogP contribution >= 0.6 is 0 Å². The molecule has 0 radical (unpaired) electrons. The number of carbonyl (C=O) groups excluding carboxylic acids is 3. The molecule has 4 rings (SSSR count). The van der Waals surface area contributed by atoms with Crippen LogP contribution in [0.3, 0.4) is 0 Å². The van der Waals surface area contributed by atoms with E-state index in [0.29, 0.717) is 42.2 Å². The zero-order chi connectivity index (χ0) is 18.0. The maximum absolute atomic E-state index is 12.6. The second-order valence-electron chi connectivity index (χ2n) is 9.69. The van der Waals surface area contributed by atoms with E-state index in [1.165, 1.54) is 0 Å². The molecule has 7 atom stereocenters.